The van der Waals surface area contributed by atoms with E-state index < -0.39 is 0 Å². The van der Waals surface area contributed by atoms with E-state index >= 15 is 0 Å². The van der Waals surface area contributed by atoms with Crippen LogP contribution in [0.2, 0.25) is 0 Å². The lowest BCUT2D eigenvalue weighted by molar-refractivity contribution is -0.149. The Morgan fingerprint density at radius 1 is 0.633 bits per heavy atom. The fraction of sp³-hybridized carbons (Fsp3) is 0.923. The average Bonchev–Trinajstić information content (AvgIpc) is 2.69. The number of carbonyl (C=O) groups is 2. The van der Waals surface area contributed by atoms with Crippen LogP contribution < -0.4 is 0 Å². The fourth-order valence-electron chi connectivity index (χ4n) is 3.56. The molecule has 0 radical (unpaired) electrons. The van der Waals surface area contributed by atoms with E-state index in [0.29, 0.717) is 31.5 Å². The van der Waals surface area contributed by atoms with E-state index in [4.69, 9.17) is 9.47 Å². The molecule has 0 aliphatic carbocycles. The van der Waals surface area contributed by atoms with E-state index in [1.54, 1.807) is 0 Å². The molecule has 0 N–H and O–H groups in total. The Morgan fingerprint density at radius 3 is 1.67 bits per heavy atom. The molecule has 1 atom stereocenters. The Labute approximate surface area is 186 Å². The van der Waals surface area contributed by atoms with Crippen molar-refractivity contribution >= 4 is 11.9 Å². The Balaban J connectivity index is 3.54. The summed E-state index contributed by atoms with van der Waals surface area (Å²) in [6.07, 6.45) is 14.4. The third-order valence-electron chi connectivity index (χ3n) is 5.62. The second kappa shape index (κ2) is 19.9. The van der Waals surface area contributed by atoms with E-state index in [9.17, 15) is 9.59 Å². The second-order valence-corrected chi connectivity index (χ2v) is 9.58. The molecule has 0 bridgehead atoms. The molecule has 0 aromatic rings. The smallest absolute Gasteiger partial charge is 0.308 e. The summed E-state index contributed by atoms with van der Waals surface area (Å²) >= 11 is 0. The summed E-state index contributed by atoms with van der Waals surface area (Å²) in [6.45, 7) is 12.0. The van der Waals surface area contributed by atoms with Crippen LogP contribution in [0, 0.1) is 17.8 Å². The maximum Gasteiger partial charge on any atom is 0.308 e. The van der Waals surface area contributed by atoms with Crippen LogP contribution in [0.3, 0.4) is 0 Å². The van der Waals surface area contributed by atoms with Gasteiger partial charge in [0.2, 0.25) is 0 Å². The third-order valence-corrected chi connectivity index (χ3v) is 5.62. The van der Waals surface area contributed by atoms with Gasteiger partial charge >= 0.3 is 11.9 Å². The van der Waals surface area contributed by atoms with Crippen molar-refractivity contribution in [3.63, 3.8) is 0 Å². The highest BCUT2D eigenvalue weighted by atomic mass is 16.5. The van der Waals surface area contributed by atoms with Crippen LogP contribution in [0.25, 0.3) is 0 Å². The fourth-order valence-corrected chi connectivity index (χ4v) is 3.56. The Kier molecular flexibility index (Phi) is 19.2. The quantitative estimate of drug-likeness (QED) is 0.149. The molecule has 0 aliphatic heterocycles. The van der Waals surface area contributed by atoms with Crippen molar-refractivity contribution in [3.8, 4) is 0 Å². The van der Waals surface area contributed by atoms with Crippen molar-refractivity contribution < 1.29 is 19.1 Å². The number of carbonyl (C=O) groups excluding carboxylic acids is 2. The molecule has 4 heteroatoms. The molecule has 0 rings (SSSR count). The predicted octanol–water partition coefficient (Wildman–Crippen LogP) is 7.48. The predicted molar refractivity (Wildman–Crippen MR) is 125 cm³/mol. The third kappa shape index (κ3) is 18.9. The zero-order chi connectivity index (χ0) is 22.6. The van der Waals surface area contributed by atoms with Gasteiger partial charge in [-0.15, -0.1) is 0 Å². The summed E-state index contributed by atoms with van der Waals surface area (Å²) in [7, 11) is 0. The van der Waals surface area contributed by atoms with E-state index in [-0.39, 0.29) is 17.9 Å². The van der Waals surface area contributed by atoms with Gasteiger partial charge in [-0.25, -0.2) is 0 Å². The van der Waals surface area contributed by atoms with Gasteiger partial charge in [0.1, 0.15) is 0 Å². The first-order valence-corrected chi connectivity index (χ1v) is 12.7. The number of hydrogen-bond acceptors (Lipinski definition) is 4. The minimum absolute atomic E-state index is 0.00246. The van der Waals surface area contributed by atoms with Crippen molar-refractivity contribution in [2.24, 2.45) is 17.8 Å². The van der Waals surface area contributed by atoms with Crippen LogP contribution in [-0.4, -0.2) is 25.2 Å². The van der Waals surface area contributed by atoms with Crippen LogP contribution in [0.15, 0.2) is 0 Å². The van der Waals surface area contributed by atoms with Crippen LogP contribution >= 0.6 is 0 Å². The summed E-state index contributed by atoms with van der Waals surface area (Å²) < 4.78 is 10.7. The molecule has 0 aromatic heterocycles. The minimum atomic E-state index is -0.0412. The van der Waals surface area contributed by atoms with Gasteiger partial charge in [-0.1, -0.05) is 73.1 Å². The first kappa shape index (κ1) is 28.9. The minimum Gasteiger partial charge on any atom is -0.466 e. The van der Waals surface area contributed by atoms with Gasteiger partial charge in [0.25, 0.3) is 0 Å². The lowest BCUT2D eigenvalue weighted by atomic mass is 9.98. The van der Waals surface area contributed by atoms with Gasteiger partial charge < -0.3 is 9.47 Å². The van der Waals surface area contributed by atoms with Crippen LogP contribution in [-0.2, 0) is 19.1 Å². The average molecular weight is 427 g/mol. The largest absolute Gasteiger partial charge is 0.466 e. The van der Waals surface area contributed by atoms with Crippen molar-refractivity contribution in [1.82, 2.24) is 0 Å². The van der Waals surface area contributed by atoms with Crippen LogP contribution in [0.1, 0.15) is 125 Å². The molecule has 178 valence electrons. The molecule has 0 aliphatic rings. The first-order valence-electron chi connectivity index (χ1n) is 12.7. The van der Waals surface area contributed by atoms with Crippen molar-refractivity contribution in [1.29, 1.82) is 0 Å². The maximum atomic E-state index is 12.2. The van der Waals surface area contributed by atoms with Crippen LogP contribution in [0.4, 0.5) is 0 Å². The Hall–Kier alpha value is -1.06. The highest BCUT2D eigenvalue weighted by Crippen LogP contribution is 2.17. The Bertz CT molecular complexity index is 417. The SMILES string of the molecule is CCC(CCCCCCCCCC(=O)OCCCC(C)C)C(=O)OCCCC(C)C. The highest BCUT2D eigenvalue weighted by Gasteiger charge is 2.17. The zero-order valence-corrected chi connectivity index (χ0v) is 20.7. The van der Waals surface area contributed by atoms with Crippen LogP contribution in [0.5, 0.6) is 0 Å². The van der Waals surface area contributed by atoms with E-state index in [1.165, 1.54) is 25.7 Å². The van der Waals surface area contributed by atoms with Gasteiger partial charge in [0.05, 0.1) is 19.1 Å². The molecular formula is C26H50O4. The molecule has 4 nitrogen and oxygen atoms in total. The Morgan fingerprint density at radius 2 is 1.13 bits per heavy atom. The van der Waals surface area contributed by atoms with Gasteiger partial charge in [-0.2, -0.15) is 0 Å². The first-order chi connectivity index (χ1) is 14.4. The molecule has 0 fully saturated rings. The molecule has 0 saturated carbocycles. The van der Waals surface area contributed by atoms with Gasteiger partial charge in [-0.05, 0) is 56.8 Å². The standard InChI is InChI=1S/C26H50O4/c1-6-24(26(28)30-21-15-17-23(4)5)18-12-10-8-7-9-11-13-19-25(27)29-20-14-16-22(2)3/h22-24H,6-21H2,1-5H3. The van der Waals surface area contributed by atoms with Gasteiger partial charge in [-0.3, -0.25) is 9.59 Å². The molecular weight excluding hydrogens is 376 g/mol. The van der Waals surface area contributed by atoms with Gasteiger partial charge in [0, 0.05) is 6.42 Å². The number of ether oxygens (including phenoxy) is 2. The van der Waals surface area contributed by atoms with E-state index in [0.717, 1.165) is 57.8 Å². The molecule has 0 heterocycles. The van der Waals surface area contributed by atoms with E-state index in [2.05, 4.69) is 34.6 Å². The summed E-state index contributed by atoms with van der Waals surface area (Å²) in [5, 5.41) is 0. The lowest BCUT2D eigenvalue weighted by Gasteiger charge is -2.14. The molecule has 0 amide bonds. The number of esters is 2. The van der Waals surface area contributed by atoms with Crippen molar-refractivity contribution in [3.05, 3.63) is 0 Å². The molecule has 1 unspecified atom stereocenters. The summed E-state index contributed by atoms with van der Waals surface area (Å²) in [5.41, 5.74) is 0. The number of hydrogen-bond donors (Lipinski definition) is 0. The molecule has 30 heavy (non-hydrogen) atoms. The molecule has 0 aromatic carbocycles. The normalized spacial score (nSPS) is 12.4. The monoisotopic (exact) mass is 426 g/mol. The van der Waals surface area contributed by atoms with Crippen molar-refractivity contribution in [2.45, 2.75) is 125 Å². The van der Waals surface area contributed by atoms with E-state index in [1.807, 2.05) is 0 Å². The maximum absolute atomic E-state index is 12.2. The number of unbranched alkanes of at least 4 members (excludes halogenated alkanes) is 6. The summed E-state index contributed by atoms with van der Waals surface area (Å²) in [5.74, 6) is 1.36. The lowest BCUT2D eigenvalue weighted by Crippen LogP contribution is -2.18. The summed E-state index contributed by atoms with van der Waals surface area (Å²) in [6, 6.07) is 0. The topological polar surface area (TPSA) is 52.6 Å². The molecule has 0 saturated heterocycles. The zero-order valence-electron chi connectivity index (χ0n) is 20.7. The second-order valence-electron chi connectivity index (χ2n) is 9.58. The number of rotatable bonds is 20. The molecule has 0 spiro atoms. The van der Waals surface area contributed by atoms with Crippen molar-refractivity contribution in [2.75, 3.05) is 13.2 Å². The highest BCUT2D eigenvalue weighted by molar-refractivity contribution is 5.72. The van der Waals surface area contributed by atoms with Gasteiger partial charge in [0.15, 0.2) is 0 Å². The summed E-state index contributed by atoms with van der Waals surface area (Å²) in [4.78, 5) is 23.8.